The van der Waals surface area contributed by atoms with E-state index in [1.807, 2.05) is 0 Å². The number of aliphatic hydroxyl groups excluding tert-OH is 1. The van der Waals surface area contributed by atoms with Crippen molar-refractivity contribution < 1.29 is 23.1 Å². The number of hydrogen-bond donors (Lipinski definition) is 1. The fourth-order valence-corrected chi connectivity index (χ4v) is 1.23. The topological polar surface area (TPSA) is 37.3 Å². The molecule has 82 valence electrons. The summed E-state index contributed by atoms with van der Waals surface area (Å²) >= 11 is 5.33. The van der Waals surface area contributed by atoms with Crippen LogP contribution in [-0.4, -0.2) is 17.5 Å². The van der Waals surface area contributed by atoms with Crippen LogP contribution in [0.1, 0.15) is 15.9 Å². The van der Waals surface area contributed by atoms with E-state index in [2.05, 4.69) is 0 Å². The van der Waals surface area contributed by atoms with Crippen molar-refractivity contribution in [3.8, 4) is 0 Å². The molecule has 0 aliphatic heterocycles. The Hall–Kier alpha value is -1.07. The Balaban J connectivity index is 3.23. The van der Waals surface area contributed by atoms with Crippen molar-refractivity contribution in [3.05, 3.63) is 34.3 Å². The summed E-state index contributed by atoms with van der Waals surface area (Å²) in [5.41, 5.74) is -1.29. The van der Waals surface area contributed by atoms with E-state index in [0.717, 1.165) is 12.1 Å². The lowest BCUT2D eigenvalue weighted by atomic mass is 10.1. The van der Waals surface area contributed by atoms with E-state index < -0.39 is 29.2 Å². The van der Waals surface area contributed by atoms with Crippen molar-refractivity contribution in [2.45, 2.75) is 6.18 Å². The predicted molar refractivity (Wildman–Crippen MR) is 47.9 cm³/mol. The summed E-state index contributed by atoms with van der Waals surface area (Å²) in [6.07, 6.45) is -4.61. The molecule has 0 atom stereocenters. The maximum absolute atomic E-state index is 12.3. The third kappa shape index (κ3) is 2.70. The summed E-state index contributed by atoms with van der Waals surface area (Å²) in [6, 6.07) is 2.74. The molecule has 2 nitrogen and oxygen atoms in total. The van der Waals surface area contributed by atoms with Gasteiger partial charge in [0.2, 0.25) is 0 Å². The molecule has 0 spiro atoms. The zero-order valence-corrected chi connectivity index (χ0v) is 8.06. The van der Waals surface area contributed by atoms with Crippen LogP contribution in [0.3, 0.4) is 0 Å². The molecular formula is C9H6ClF3O2. The summed E-state index contributed by atoms with van der Waals surface area (Å²) in [6.45, 7) is -0.834. The molecule has 1 aromatic rings. The zero-order chi connectivity index (χ0) is 11.6. The lowest BCUT2D eigenvalue weighted by Crippen LogP contribution is -2.10. The molecule has 0 unspecified atom stereocenters. The number of benzene rings is 1. The number of halogens is 4. The highest BCUT2D eigenvalue weighted by Crippen LogP contribution is 2.35. The molecular weight excluding hydrogens is 233 g/mol. The van der Waals surface area contributed by atoms with Gasteiger partial charge in [-0.2, -0.15) is 13.2 Å². The first kappa shape index (κ1) is 12.0. The number of Topliss-reactive ketones (excluding diaryl/α,β-unsaturated/α-hetero) is 1. The van der Waals surface area contributed by atoms with Gasteiger partial charge >= 0.3 is 6.18 Å². The molecule has 0 aliphatic carbocycles. The van der Waals surface area contributed by atoms with Gasteiger partial charge in [0.25, 0.3) is 0 Å². The van der Waals surface area contributed by atoms with Crippen LogP contribution in [-0.2, 0) is 6.18 Å². The number of rotatable bonds is 2. The molecule has 1 N–H and O–H groups in total. The van der Waals surface area contributed by atoms with Crippen LogP contribution in [0.2, 0.25) is 5.02 Å². The van der Waals surface area contributed by atoms with E-state index in [0.29, 0.717) is 6.07 Å². The van der Waals surface area contributed by atoms with E-state index in [1.54, 1.807) is 0 Å². The normalized spacial score (nSPS) is 11.5. The van der Waals surface area contributed by atoms with Gasteiger partial charge in [-0.05, 0) is 18.2 Å². The Labute approximate surface area is 88.3 Å². The maximum Gasteiger partial charge on any atom is 0.417 e. The standard InChI is InChI=1S/C9H6ClF3O2/c10-7-2-1-5(8(15)4-14)3-6(7)9(11,12)13/h1-3,14H,4H2. The minimum absolute atomic E-state index is 0.214. The van der Waals surface area contributed by atoms with Gasteiger partial charge in [0, 0.05) is 5.56 Å². The smallest absolute Gasteiger partial charge is 0.388 e. The first-order valence-electron chi connectivity index (χ1n) is 3.87. The van der Waals surface area contributed by atoms with Gasteiger partial charge in [0.1, 0.15) is 6.61 Å². The highest BCUT2D eigenvalue weighted by molar-refractivity contribution is 6.31. The summed E-state index contributed by atoms with van der Waals surface area (Å²) in [5, 5.41) is 8.01. The SMILES string of the molecule is O=C(CO)c1ccc(Cl)c(C(F)(F)F)c1. The lowest BCUT2D eigenvalue weighted by Gasteiger charge is -2.09. The summed E-state index contributed by atoms with van der Waals surface area (Å²) in [7, 11) is 0. The summed E-state index contributed by atoms with van der Waals surface area (Å²) in [4.78, 5) is 10.9. The number of hydrogen-bond acceptors (Lipinski definition) is 2. The molecule has 0 saturated carbocycles. The van der Waals surface area contributed by atoms with Crippen molar-refractivity contribution in [2.24, 2.45) is 0 Å². The Morgan fingerprint density at radius 2 is 2.00 bits per heavy atom. The lowest BCUT2D eigenvalue weighted by molar-refractivity contribution is -0.137. The predicted octanol–water partition coefficient (Wildman–Crippen LogP) is 2.53. The van der Waals surface area contributed by atoms with Crippen molar-refractivity contribution in [1.29, 1.82) is 0 Å². The highest BCUT2D eigenvalue weighted by Gasteiger charge is 2.33. The second-order valence-electron chi connectivity index (χ2n) is 2.77. The first-order chi connectivity index (χ1) is 6.86. The van der Waals surface area contributed by atoms with Gasteiger partial charge in [-0.3, -0.25) is 4.79 Å². The van der Waals surface area contributed by atoms with Gasteiger partial charge < -0.3 is 5.11 Å². The maximum atomic E-state index is 12.3. The number of aliphatic hydroxyl groups is 1. The van der Waals surface area contributed by atoms with Crippen LogP contribution in [0.5, 0.6) is 0 Å². The average molecular weight is 239 g/mol. The molecule has 6 heteroatoms. The van der Waals surface area contributed by atoms with Gasteiger partial charge in [0.05, 0.1) is 10.6 Å². The fourth-order valence-electron chi connectivity index (χ4n) is 1.01. The molecule has 0 saturated heterocycles. The third-order valence-corrected chi connectivity index (χ3v) is 2.07. The van der Waals surface area contributed by atoms with E-state index in [1.165, 1.54) is 0 Å². The highest BCUT2D eigenvalue weighted by atomic mass is 35.5. The van der Waals surface area contributed by atoms with E-state index in [-0.39, 0.29) is 5.56 Å². The van der Waals surface area contributed by atoms with Gasteiger partial charge in [-0.15, -0.1) is 0 Å². The number of carbonyl (C=O) groups is 1. The summed E-state index contributed by atoms with van der Waals surface area (Å²) in [5.74, 6) is -0.780. The van der Waals surface area contributed by atoms with Gasteiger partial charge in [-0.25, -0.2) is 0 Å². The van der Waals surface area contributed by atoms with E-state index >= 15 is 0 Å². The van der Waals surface area contributed by atoms with Crippen LogP contribution < -0.4 is 0 Å². The molecule has 0 aromatic heterocycles. The molecule has 0 fully saturated rings. The molecule has 0 radical (unpaired) electrons. The third-order valence-electron chi connectivity index (χ3n) is 1.74. The first-order valence-corrected chi connectivity index (χ1v) is 4.25. The molecule has 0 heterocycles. The fraction of sp³-hybridized carbons (Fsp3) is 0.222. The Kier molecular flexibility index (Phi) is 3.36. The van der Waals surface area contributed by atoms with Gasteiger partial charge in [-0.1, -0.05) is 11.6 Å². The molecule has 0 amide bonds. The second kappa shape index (κ2) is 4.20. The van der Waals surface area contributed by atoms with Crippen molar-refractivity contribution >= 4 is 17.4 Å². The quantitative estimate of drug-likeness (QED) is 0.804. The zero-order valence-electron chi connectivity index (χ0n) is 7.31. The van der Waals surface area contributed by atoms with Crippen molar-refractivity contribution in [2.75, 3.05) is 6.61 Å². The van der Waals surface area contributed by atoms with Crippen LogP contribution in [0.15, 0.2) is 18.2 Å². The minimum Gasteiger partial charge on any atom is -0.388 e. The number of ketones is 1. The minimum atomic E-state index is -4.61. The van der Waals surface area contributed by atoms with Crippen molar-refractivity contribution in [3.63, 3.8) is 0 Å². The average Bonchev–Trinajstić information content (AvgIpc) is 2.15. The number of alkyl halides is 3. The van der Waals surface area contributed by atoms with Gasteiger partial charge in [0.15, 0.2) is 5.78 Å². The van der Waals surface area contributed by atoms with Crippen LogP contribution in [0.4, 0.5) is 13.2 Å². The Morgan fingerprint density at radius 3 is 2.47 bits per heavy atom. The van der Waals surface area contributed by atoms with E-state index in [9.17, 15) is 18.0 Å². The Bertz CT molecular complexity index is 387. The van der Waals surface area contributed by atoms with E-state index in [4.69, 9.17) is 16.7 Å². The molecule has 1 rings (SSSR count). The molecule has 0 bridgehead atoms. The molecule has 1 aromatic carbocycles. The molecule has 0 aliphatic rings. The van der Waals surface area contributed by atoms with Crippen molar-refractivity contribution in [1.82, 2.24) is 0 Å². The summed E-state index contributed by atoms with van der Waals surface area (Å²) < 4.78 is 37.0. The Morgan fingerprint density at radius 1 is 1.40 bits per heavy atom. The largest absolute Gasteiger partial charge is 0.417 e. The van der Waals surface area contributed by atoms with Crippen LogP contribution in [0, 0.1) is 0 Å². The number of carbonyl (C=O) groups excluding carboxylic acids is 1. The van der Waals surface area contributed by atoms with Crippen LogP contribution in [0.25, 0.3) is 0 Å². The monoisotopic (exact) mass is 238 g/mol. The molecule has 15 heavy (non-hydrogen) atoms. The van der Waals surface area contributed by atoms with Crippen LogP contribution >= 0.6 is 11.6 Å². The second-order valence-corrected chi connectivity index (χ2v) is 3.18.